The first kappa shape index (κ1) is 13.1. The molecule has 1 aromatic heterocycles. The summed E-state index contributed by atoms with van der Waals surface area (Å²) in [5, 5.41) is 8.91. The third kappa shape index (κ3) is 1.73. The summed E-state index contributed by atoms with van der Waals surface area (Å²) in [6.45, 7) is 2.02. The minimum Gasteiger partial charge on any atom is -0.137 e. The largest absolute Gasteiger partial charge is 0.156 e. The quantitative estimate of drug-likeness (QED) is 0.750. The third-order valence-electron chi connectivity index (χ3n) is 4.25. The van der Waals surface area contributed by atoms with Gasteiger partial charge in [0, 0.05) is 23.0 Å². The van der Waals surface area contributed by atoms with E-state index in [0.29, 0.717) is 10.3 Å². The Bertz CT molecular complexity index is 808. The molecule has 0 amide bonds. The van der Waals surface area contributed by atoms with Crippen LogP contribution in [-0.2, 0) is 0 Å². The van der Waals surface area contributed by atoms with Crippen molar-refractivity contribution in [3.63, 3.8) is 0 Å². The van der Waals surface area contributed by atoms with Crippen LogP contribution in [0.5, 0.6) is 0 Å². The first-order valence-electron chi connectivity index (χ1n) is 6.87. The molecule has 0 saturated carbocycles. The van der Waals surface area contributed by atoms with Crippen LogP contribution in [0.25, 0.3) is 0 Å². The van der Waals surface area contributed by atoms with Crippen molar-refractivity contribution in [3.05, 3.63) is 80.6 Å². The maximum absolute atomic E-state index is 6.36. The summed E-state index contributed by atoms with van der Waals surface area (Å²) in [7, 11) is 0. The average molecular weight is 315 g/mol. The Morgan fingerprint density at radius 1 is 1.00 bits per heavy atom. The Balaban J connectivity index is 2.08. The van der Waals surface area contributed by atoms with Crippen molar-refractivity contribution in [1.82, 2.24) is 10.2 Å². The molecule has 0 fully saturated rings. The topological polar surface area (TPSA) is 25.8 Å². The second-order valence-electron chi connectivity index (χ2n) is 5.32. The highest BCUT2D eigenvalue weighted by atomic mass is 35.5. The number of benzene rings is 1. The fourth-order valence-corrected chi connectivity index (χ4v) is 4.01. The Kier molecular flexibility index (Phi) is 2.91. The van der Waals surface area contributed by atoms with E-state index in [0.717, 1.165) is 11.1 Å². The van der Waals surface area contributed by atoms with Crippen molar-refractivity contribution in [2.24, 2.45) is 0 Å². The molecule has 0 N–H and O–H groups in total. The molecular formula is C17H12Cl2N2. The minimum absolute atomic E-state index is 0.0953. The van der Waals surface area contributed by atoms with Gasteiger partial charge < -0.3 is 0 Å². The Hall–Kier alpha value is -1.64. The Morgan fingerprint density at radius 3 is 2.38 bits per heavy atom. The van der Waals surface area contributed by atoms with E-state index >= 15 is 0 Å². The van der Waals surface area contributed by atoms with Crippen LogP contribution in [0.2, 0.25) is 10.3 Å². The number of rotatable bonds is 1. The van der Waals surface area contributed by atoms with E-state index in [2.05, 4.69) is 52.7 Å². The molecule has 1 heterocycles. The Labute approximate surface area is 133 Å². The minimum atomic E-state index is 0.0953. The van der Waals surface area contributed by atoms with E-state index in [-0.39, 0.29) is 11.8 Å². The molecule has 0 saturated heterocycles. The van der Waals surface area contributed by atoms with Gasteiger partial charge in [-0.2, -0.15) is 0 Å². The van der Waals surface area contributed by atoms with E-state index in [1.54, 1.807) is 0 Å². The SMILES string of the molecule is C/C=C\C1=CC2c3ccccc3C1c1c(Cl)nnc(Cl)c12. The molecule has 2 nitrogen and oxygen atoms in total. The standard InChI is InChI=1S/C17H12Cl2N2/c1-2-5-9-8-12-10-6-3-4-7-11(10)13(9)15-14(12)16(18)20-21-17(15)19/h2-8,12-13H,1H3/b5-2-. The van der Waals surface area contributed by atoms with Crippen LogP contribution in [0.15, 0.2) is 48.1 Å². The summed E-state index contributed by atoms with van der Waals surface area (Å²) in [6.07, 6.45) is 6.46. The molecule has 4 heteroatoms. The number of hydrogen-bond donors (Lipinski definition) is 0. The molecule has 2 bridgehead atoms. The van der Waals surface area contributed by atoms with Gasteiger partial charge in [-0.05, 0) is 23.6 Å². The smallest absolute Gasteiger partial charge is 0.137 e. The molecule has 5 rings (SSSR count). The number of aromatic nitrogens is 2. The number of allylic oxidation sites excluding steroid dienone is 4. The van der Waals surface area contributed by atoms with Crippen LogP contribution in [0.4, 0.5) is 0 Å². The zero-order valence-electron chi connectivity index (χ0n) is 11.3. The molecule has 3 aliphatic carbocycles. The molecule has 3 aliphatic rings. The van der Waals surface area contributed by atoms with Gasteiger partial charge in [-0.3, -0.25) is 0 Å². The van der Waals surface area contributed by atoms with Crippen LogP contribution in [0.3, 0.4) is 0 Å². The van der Waals surface area contributed by atoms with Gasteiger partial charge in [0.1, 0.15) is 0 Å². The van der Waals surface area contributed by atoms with Crippen LogP contribution >= 0.6 is 23.2 Å². The van der Waals surface area contributed by atoms with Crippen LogP contribution < -0.4 is 0 Å². The third-order valence-corrected chi connectivity index (χ3v) is 4.81. The lowest BCUT2D eigenvalue weighted by atomic mass is 9.65. The van der Waals surface area contributed by atoms with Crippen molar-refractivity contribution < 1.29 is 0 Å². The van der Waals surface area contributed by atoms with Gasteiger partial charge in [0.2, 0.25) is 0 Å². The van der Waals surface area contributed by atoms with Crippen LogP contribution in [-0.4, -0.2) is 10.2 Å². The molecule has 2 aromatic rings. The van der Waals surface area contributed by atoms with Crippen molar-refractivity contribution in [1.29, 1.82) is 0 Å². The number of halogens is 2. The van der Waals surface area contributed by atoms with E-state index < -0.39 is 0 Å². The summed E-state index contributed by atoms with van der Waals surface area (Å²) in [5.41, 5.74) is 5.84. The van der Waals surface area contributed by atoms with Gasteiger partial charge >= 0.3 is 0 Å². The summed E-state index contributed by atoms with van der Waals surface area (Å²) < 4.78 is 0. The number of hydrogen-bond acceptors (Lipinski definition) is 2. The summed E-state index contributed by atoms with van der Waals surface area (Å²) in [6, 6.07) is 8.45. The van der Waals surface area contributed by atoms with Crippen molar-refractivity contribution in [2.45, 2.75) is 18.8 Å². The monoisotopic (exact) mass is 314 g/mol. The summed E-state index contributed by atoms with van der Waals surface area (Å²) in [4.78, 5) is 0. The average Bonchev–Trinajstić information content (AvgIpc) is 2.51. The summed E-state index contributed by atoms with van der Waals surface area (Å²) >= 11 is 12.7. The lowest BCUT2D eigenvalue weighted by Crippen LogP contribution is -2.25. The Morgan fingerprint density at radius 2 is 1.67 bits per heavy atom. The highest BCUT2D eigenvalue weighted by Gasteiger charge is 2.40. The lowest BCUT2D eigenvalue weighted by Gasteiger charge is -2.39. The zero-order chi connectivity index (χ0) is 14.6. The first-order chi connectivity index (χ1) is 10.2. The molecule has 0 spiro atoms. The van der Waals surface area contributed by atoms with E-state index in [1.165, 1.54) is 16.7 Å². The molecule has 0 radical (unpaired) electrons. The van der Waals surface area contributed by atoms with E-state index in [1.807, 2.05) is 6.92 Å². The van der Waals surface area contributed by atoms with Crippen molar-refractivity contribution in [2.75, 3.05) is 0 Å². The molecule has 1 aromatic carbocycles. The lowest BCUT2D eigenvalue weighted by molar-refractivity contribution is 0.760. The van der Waals surface area contributed by atoms with Gasteiger partial charge in [0.15, 0.2) is 10.3 Å². The van der Waals surface area contributed by atoms with Crippen molar-refractivity contribution in [3.8, 4) is 0 Å². The summed E-state index contributed by atoms with van der Waals surface area (Å²) in [5.74, 6) is 0.200. The fourth-order valence-electron chi connectivity index (χ4n) is 3.51. The van der Waals surface area contributed by atoms with Crippen LogP contribution in [0, 0.1) is 0 Å². The predicted molar refractivity (Wildman–Crippen MR) is 85.1 cm³/mol. The first-order valence-corrected chi connectivity index (χ1v) is 7.62. The maximum atomic E-state index is 6.36. The normalized spacial score (nSPS) is 22.1. The zero-order valence-corrected chi connectivity index (χ0v) is 12.9. The van der Waals surface area contributed by atoms with Gasteiger partial charge in [-0.25, -0.2) is 0 Å². The highest BCUT2D eigenvalue weighted by molar-refractivity contribution is 6.32. The fraction of sp³-hybridized carbons (Fsp3) is 0.176. The van der Waals surface area contributed by atoms with Gasteiger partial charge in [0.25, 0.3) is 0 Å². The van der Waals surface area contributed by atoms with Gasteiger partial charge in [-0.15, -0.1) is 10.2 Å². The molecule has 2 atom stereocenters. The second kappa shape index (κ2) is 4.69. The van der Waals surface area contributed by atoms with E-state index in [9.17, 15) is 0 Å². The van der Waals surface area contributed by atoms with Crippen LogP contribution in [0.1, 0.15) is 41.0 Å². The van der Waals surface area contributed by atoms with Gasteiger partial charge in [-0.1, -0.05) is 65.7 Å². The molecule has 104 valence electrons. The maximum Gasteiger partial charge on any atom is 0.156 e. The van der Waals surface area contributed by atoms with Gasteiger partial charge in [0.05, 0.1) is 0 Å². The second-order valence-corrected chi connectivity index (χ2v) is 6.03. The molecule has 0 aliphatic heterocycles. The predicted octanol–water partition coefficient (Wildman–Crippen LogP) is 4.88. The molecule has 2 unspecified atom stereocenters. The highest BCUT2D eigenvalue weighted by Crippen LogP contribution is 2.55. The molecular weight excluding hydrogens is 303 g/mol. The van der Waals surface area contributed by atoms with Crippen molar-refractivity contribution >= 4 is 23.2 Å². The molecule has 21 heavy (non-hydrogen) atoms. The van der Waals surface area contributed by atoms with E-state index in [4.69, 9.17) is 23.2 Å². The number of nitrogens with zero attached hydrogens (tertiary/aromatic N) is 2.